The summed E-state index contributed by atoms with van der Waals surface area (Å²) in [6.07, 6.45) is -0.103. The highest BCUT2D eigenvalue weighted by atomic mass is 19.1. The van der Waals surface area contributed by atoms with Crippen molar-refractivity contribution >= 4 is 23.8 Å². The Labute approximate surface area is 162 Å². The minimum atomic E-state index is -1.12. The molecule has 0 aliphatic rings. The Balaban J connectivity index is 2.98. The summed E-state index contributed by atoms with van der Waals surface area (Å²) in [5.41, 5.74) is 0.492. The van der Waals surface area contributed by atoms with Crippen LogP contribution in [0, 0.1) is 11.7 Å². The van der Waals surface area contributed by atoms with Crippen LogP contribution in [0.3, 0.4) is 0 Å². The Kier molecular flexibility index (Phi) is 9.07. The number of carbonyl (C=O) groups is 4. The molecule has 0 saturated carbocycles. The van der Waals surface area contributed by atoms with E-state index in [-0.39, 0.29) is 12.8 Å². The number of esters is 2. The summed E-state index contributed by atoms with van der Waals surface area (Å²) < 4.78 is 22.7. The molecule has 1 rings (SSSR count). The Hall–Kier alpha value is -2.97. The number of ether oxygens (including phenoxy) is 2. The highest BCUT2D eigenvalue weighted by molar-refractivity contribution is 5.90. The Bertz CT molecular complexity index is 724. The van der Waals surface area contributed by atoms with Crippen molar-refractivity contribution in [2.45, 2.75) is 38.8 Å². The number of carbonyl (C=O) groups excluding carboxylic acids is 4. The Morgan fingerprint density at radius 3 is 2.32 bits per heavy atom. The fourth-order valence-electron chi connectivity index (χ4n) is 2.63. The molecule has 1 aromatic rings. The van der Waals surface area contributed by atoms with E-state index in [1.165, 1.54) is 32.2 Å². The number of hydrogen-bond donors (Lipinski definition) is 2. The topological polar surface area (TPSA) is 111 Å². The summed E-state index contributed by atoms with van der Waals surface area (Å²) in [6.45, 7) is 2.82. The lowest BCUT2D eigenvalue weighted by Gasteiger charge is -2.25. The quantitative estimate of drug-likeness (QED) is 0.596. The van der Waals surface area contributed by atoms with Gasteiger partial charge in [-0.1, -0.05) is 19.1 Å². The predicted octanol–water partition coefficient (Wildman–Crippen LogP) is 0.730. The van der Waals surface area contributed by atoms with Crippen LogP contribution in [-0.2, 0) is 35.1 Å². The SMILES string of the molecule is COC(=O)C[C@H](C)[C@@H](NC(=O)[C@@H](Cc1cccc(F)c1)NC(C)=O)C(=O)OC. The van der Waals surface area contributed by atoms with Crippen LogP contribution in [0.15, 0.2) is 24.3 Å². The summed E-state index contributed by atoms with van der Waals surface area (Å²) >= 11 is 0. The fraction of sp³-hybridized carbons (Fsp3) is 0.474. The van der Waals surface area contributed by atoms with E-state index in [0.29, 0.717) is 5.56 Å². The number of methoxy groups -OCH3 is 2. The van der Waals surface area contributed by atoms with Gasteiger partial charge in [0.2, 0.25) is 11.8 Å². The molecule has 0 aliphatic heterocycles. The zero-order chi connectivity index (χ0) is 21.3. The van der Waals surface area contributed by atoms with Crippen molar-refractivity contribution in [2.24, 2.45) is 5.92 Å². The second-order valence-corrected chi connectivity index (χ2v) is 6.35. The first-order chi connectivity index (χ1) is 13.2. The molecular formula is C19H25FN2O6. The Morgan fingerprint density at radius 1 is 1.11 bits per heavy atom. The number of halogens is 1. The maximum Gasteiger partial charge on any atom is 0.328 e. The van der Waals surface area contributed by atoms with Gasteiger partial charge in [0.25, 0.3) is 0 Å². The normalized spacial score (nSPS) is 13.6. The van der Waals surface area contributed by atoms with E-state index in [1.54, 1.807) is 13.0 Å². The molecule has 8 nitrogen and oxygen atoms in total. The summed E-state index contributed by atoms with van der Waals surface area (Å²) in [5.74, 6) is -3.50. The Morgan fingerprint density at radius 2 is 1.79 bits per heavy atom. The molecule has 28 heavy (non-hydrogen) atoms. The second-order valence-electron chi connectivity index (χ2n) is 6.35. The van der Waals surface area contributed by atoms with Gasteiger partial charge in [0.1, 0.15) is 17.9 Å². The van der Waals surface area contributed by atoms with Crippen molar-refractivity contribution in [3.05, 3.63) is 35.6 Å². The maximum absolute atomic E-state index is 13.4. The molecule has 154 valence electrons. The number of nitrogens with one attached hydrogen (secondary N) is 2. The molecule has 1 aromatic carbocycles. The van der Waals surface area contributed by atoms with Gasteiger partial charge in [-0.25, -0.2) is 9.18 Å². The monoisotopic (exact) mass is 396 g/mol. The lowest BCUT2D eigenvalue weighted by Crippen LogP contribution is -2.54. The average molecular weight is 396 g/mol. The maximum atomic E-state index is 13.4. The summed E-state index contributed by atoms with van der Waals surface area (Å²) in [6, 6.07) is 3.45. The lowest BCUT2D eigenvalue weighted by molar-refractivity contribution is -0.148. The van der Waals surface area contributed by atoms with E-state index < -0.39 is 47.6 Å². The average Bonchev–Trinajstić information content (AvgIpc) is 2.64. The third kappa shape index (κ3) is 7.34. The third-order valence-electron chi connectivity index (χ3n) is 4.06. The molecule has 9 heteroatoms. The molecule has 2 amide bonds. The van der Waals surface area contributed by atoms with Crippen molar-refractivity contribution in [1.29, 1.82) is 0 Å². The van der Waals surface area contributed by atoms with Crippen LogP contribution in [-0.4, -0.2) is 50.1 Å². The number of amides is 2. The van der Waals surface area contributed by atoms with Gasteiger partial charge < -0.3 is 20.1 Å². The van der Waals surface area contributed by atoms with E-state index >= 15 is 0 Å². The second kappa shape index (κ2) is 11.0. The standard InChI is InChI=1S/C19H25FN2O6/c1-11(8-16(24)27-3)17(19(26)28-4)22-18(25)15(21-12(2)23)10-13-6-5-7-14(20)9-13/h5-7,9,11,15,17H,8,10H2,1-4H3,(H,21,23)(H,22,25)/t11-,15+,17+/m0/s1. The first-order valence-electron chi connectivity index (χ1n) is 8.64. The molecule has 0 radical (unpaired) electrons. The van der Waals surface area contributed by atoms with Crippen LogP contribution in [0.25, 0.3) is 0 Å². The highest BCUT2D eigenvalue weighted by Gasteiger charge is 2.32. The minimum Gasteiger partial charge on any atom is -0.469 e. The van der Waals surface area contributed by atoms with E-state index in [4.69, 9.17) is 4.74 Å². The number of hydrogen-bond acceptors (Lipinski definition) is 6. The first kappa shape index (κ1) is 23.1. The molecule has 0 aliphatic carbocycles. The molecule has 0 fully saturated rings. The van der Waals surface area contributed by atoms with Gasteiger partial charge >= 0.3 is 11.9 Å². The first-order valence-corrected chi connectivity index (χ1v) is 8.64. The van der Waals surface area contributed by atoms with Crippen molar-refractivity contribution in [2.75, 3.05) is 14.2 Å². The largest absolute Gasteiger partial charge is 0.469 e. The van der Waals surface area contributed by atoms with E-state index in [0.717, 1.165) is 7.11 Å². The molecule has 3 atom stereocenters. The summed E-state index contributed by atoms with van der Waals surface area (Å²) in [4.78, 5) is 47.8. The van der Waals surface area contributed by atoms with E-state index in [1.807, 2.05) is 0 Å². The molecular weight excluding hydrogens is 371 g/mol. The van der Waals surface area contributed by atoms with E-state index in [9.17, 15) is 23.6 Å². The van der Waals surface area contributed by atoms with Gasteiger partial charge in [-0.2, -0.15) is 0 Å². The molecule has 0 unspecified atom stereocenters. The zero-order valence-corrected chi connectivity index (χ0v) is 16.3. The molecule has 2 N–H and O–H groups in total. The lowest BCUT2D eigenvalue weighted by atomic mass is 9.97. The van der Waals surface area contributed by atoms with Crippen molar-refractivity contribution in [3.63, 3.8) is 0 Å². The van der Waals surface area contributed by atoms with Gasteiger partial charge in [-0.05, 0) is 23.6 Å². The zero-order valence-electron chi connectivity index (χ0n) is 16.3. The van der Waals surface area contributed by atoms with Gasteiger partial charge in [-0.15, -0.1) is 0 Å². The smallest absolute Gasteiger partial charge is 0.328 e. The van der Waals surface area contributed by atoms with Gasteiger partial charge in [0, 0.05) is 13.3 Å². The van der Waals surface area contributed by atoms with Crippen LogP contribution >= 0.6 is 0 Å². The molecule has 0 heterocycles. The van der Waals surface area contributed by atoms with Crippen LogP contribution in [0.4, 0.5) is 4.39 Å². The van der Waals surface area contributed by atoms with E-state index in [2.05, 4.69) is 15.4 Å². The van der Waals surface area contributed by atoms with Crippen molar-refractivity contribution in [1.82, 2.24) is 10.6 Å². The predicted molar refractivity (Wildman–Crippen MR) is 97.5 cm³/mol. The fourth-order valence-corrected chi connectivity index (χ4v) is 2.63. The number of benzene rings is 1. The van der Waals surface area contributed by atoms with Crippen LogP contribution in [0.2, 0.25) is 0 Å². The van der Waals surface area contributed by atoms with Gasteiger partial charge in [0.05, 0.1) is 20.6 Å². The number of rotatable bonds is 9. The molecule has 0 aromatic heterocycles. The molecule has 0 bridgehead atoms. The van der Waals surface area contributed by atoms with Crippen molar-refractivity contribution < 1.29 is 33.0 Å². The van der Waals surface area contributed by atoms with Crippen LogP contribution in [0.1, 0.15) is 25.8 Å². The van der Waals surface area contributed by atoms with Gasteiger partial charge in [0.15, 0.2) is 0 Å². The van der Waals surface area contributed by atoms with Crippen LogP contribution < -0.4 is 10.6 Å². The van der Waals surface area contributed by atoms with Gasteiger partial charge in [-0.3, -0.25) is 14.4 Å². The molecule has 0 saturated heterocycles. The summed E-state index contributed by atoms with van der Waals surface area (Å²) in [7, 11) is 2.37. The van der Waals surface area contributed by atoms with Crippen LogP contribution in [0.5, 0.6) is 0 Å². The van der Waals surface area contributed by atoms with Crippen molar-refractivity contribution in [3.8, 4) is 0 Å². The molecule has 0 spiro atoms. The highest BCUT2D eigenvalue weighted by Crippen LogP contribution is 2.13. The third-order valence-corrected chi connectivity index (χ3v) is 4.06. The summed E-state index contributed by atoms with van der Waals surface area (Å²) in [5, 5.41) is 4.99. The minimum absolute atomic E-state index is 0.0163.